The number of aliphatic hydroxyl groups is 1. The summed E-state index contributed by atoms with van der Waals surface area (Å²) in [5, 5.41) is 10.6. The highest BCUT2D eigenvalue weighted by Crippen LogP contribution is 2.45. The molecule has 0 aliphatic heterocycles. The largest absolute Gasteiger partial charge is 0.472 e. The van der Waals surface area contributed by atoms with Crippen molar-refractivity contribution in [1.29, 1.82) is 0 Å². The van der Waals surface area contributed by atoms with Crippen molar-refractivity contribution in [3.8, 4) is 0 Å². The molecule has 0 spiro atoms. The Balaban J connectivity index is 5.14. The number of unbranched alkanes of at least 4 members (excludes halogenated alkanes) is 44. The lowest BCUT2D eigenvalue weighted by molar-refractivity contribution is -0.161. The minimum absolute atomic E-state index is 0.106. The van der Waals surface area contributed by atoms with Gasteiger partial charge in [0, 0.05) is 25.7 Å². The lowest BCUT2D eigenvalue weighted by atomic mass is 10.0. The molecule has 0 radical (unpaired) electrons. The minimum atomic E-state index is -4.95. The third-order valence-electron chi connectivity index (χ3n) is 16.8. The van der Waals surface area contributed by atoms with Gasteiger partial charge in [0.2, 0.25) is 0 Å². The molecule has 0 aliphatic rings. The summed E-state index contributed by atoms with van der Waals surface area (Å²) in [5.74, 6) is -1.32. The van der Waals surface area contributed by atoms with E-state index in [4.69, 9.17) is 37.0 Å². The summed E-state index contributed by atoms with van der Waals surface area (Å²) in [6.07, 6.45) is 53.1. The number of hydrogen-bond acceptors (Lipinski definition) is 15. The SMILES string of the molecule is CCCCCCCCCCCCCCCCCCC(=O)OC[C@H](COP(=O)(O)OC[C@@H](O)COP(=O)(O)OC[C@@H](COC(=O)CCCCCCC)OC(=O)CCCCCCCCCCCCC)OC(=O)CCCCCCCCCCCCCCCCCCC(C)C. The lowest BCUT2D eigenvalue weighted by Gasteiger charge is -2.21. The second-order valence-electron chi connectivity index (χ2n) is 26.5. The molecule has 0 rings (SSSR count). The standard InChI is InChI=1S/C72H140O17P2/c1-6-9-12-15-17-19-21-22-23-27-30-34-37-41-46-51-56-70(75)83-62-68(89-72(77)58-53-48-43-39-35-31-28-25-24-26-29-33-36-40-45-49-54-65(4)5)64-87-91(80,81)85-60-66(73)59-84-90(78,79)86-63-67(61-82-69(74)55-50-44-14-11-8-3)88-71(76)57-52-47-42-38-32-20-18-16-13-10-7-2/h65-68,73H,6-64H2,1-5H3,(H,78,79)(H,80,81)/t66-,67+,68+/m0/s1. The lowest BCUT2D eigenvalue weighted by Crippen LogP contribution is -2.30. The van der Waals surface area contributed by atoms with Crippen molar-refractivity contribution in [3.63, 3.8) is 0 Å². The van der Waals surface area contributed by atoms with Crippen molar-refractivity contribution in [2.75, 3.05) is 39.6 Å². The Kier molecular flexibility index (Phi) is 64.0. The first-order valence-electron chi connectivity index (χ1n) is 37.6. The van der Waals surface area contributed by atoms with Crippen molar-refractivity contribution in [2.45, 2.75) is 393 Å². The van der Waals surface area contributed by atoms with Crippen LogP contribution in [-0.2, 0) is 65.4 Å². The van der Waals surface area contributed by atoms with Crippen molar-refractivity contribution < 1.29 is 80.2 Å². The summed E-state index contributed by atoms with van der Waals surface area (Å²) in [6, 6.07) is 0. The van der Waals surface area contributed by atoms with Crippen LogP contribution in [0.5, 0.6) is 0 Å². The van der Waals surface area contributed by atoms with Gasteiger partial charge in [-0.15, -0.1) is 0 Å². The molecule has 0 heterocycles. The molecule has 540 valence electrons. The first kappa shape index (κ1) is 89.1. The molecule has 17 nitrogen and oxygen atoms in total. The van der Waals surface area contributed by atoms with E-state index in [1.165, 1.54) is 193 Å². The van der Waals surface area contributed by atoms with Crippen LogP contribution in [0.4, 0.5) is 0 Å². The average Bonchev–Trinajstić information content (AvgIpc) is 3.69. The van der Waals surface area contributed by atoms with Crippen molar-refractivity contribution in [3.05, 3.63) is 0 Å². The van der Waals surface area contributed by atoms with E-state index in [-0.39, 0.29) is 25.7 Å². The van der Waals surface area contributed by atoms with Crippen LogP contribution in [0.3, 0.4) is 0 Å². The third kappa shape index (κ3) is 66.5. The summed E-state index contributed by atoms with van der Waals surface area (Å²) in [7, 11) is -9.89. The number of carbonyl (C=O) groups is 4. The molecule has 0 aromatic rings. The maximum Gasteiger partial charge on any atom is 0.472 e. The fraction of sp³-hybridized carbons (Fsp3) is 0.944. The number of aliphatic hydroxyl groups excluding tert-OH is 1. The van der Waals surface area contributed by atoms with Gasteiger partial charge in [0.25, 0.3) is 0 Å². The van der Waals surface area contributed by atoms with E-state index in [9.17, 15) is 43.2 Å². The molecular formula is C72H140O17P2. The van der Waals surface area contributed by atoms with E-state index in [2.05, 4.69) is 34.6 Å². The van der Waals surface area contributed by atoms with Crippen LogP contribution < -0.4 is 0 Å². The summed E-state index contributed by atoms with van der Waals surface area (Å²) >= 11 is 0. The summed E-state index contributed by atoms with van der Waals surface area (Å²) in [5.41, 5.74) is 0. The van der Waals surface area contributed by atoms with Crippen LogP contribution in [0.15, 0.2) is 0 Å². The quantitative estimate of drug-likeness (QED) is 0.0222. The molecule has 0 saturated carbocycles. The van der Waals surface area contributed by atoms with Gasteiger partial charge in [-0.1, -0.05) is 324 Å². The highest BCUT2D eigenvalue weighted by Gasteiger charge is 2.30. The smallest absolute Gasteiger partial charge is 0.462 e. The summed E-state index contributed by atoms with van der Waals surface area (Å²) in [4.78, 5) is 72.3. The number of esters is 4. The normalized spacial score (nSPS) is 14.0. The number of phosphoric acid groups is 2. The van der Waals surface area contributed by atoms with E-state index in [0.717, 1.165) is 102 Å². The summed E-state index contributed by atoms with van der Waals surface area (Å²) < 4.78 is 68.1. The van der Waals surface area contributed by atoms with Gasteiger partial charge in [0.15, 0.2) is 12.2 Å². The second kappa shape index (κ2) is 65.4. The Bertz CT molecular complexity index is 1750. The van der Waals surface area contributed by atoms with Gasteiger partial charge in [0.05, 0.1) is 26.4 Å². The molecule has 19 heteroatoms. The number of hydrogen-bond donors (Lipinski definition) is 3. The number of carbonyl (C=O) groups excluding carboxylic acids is 4. The zero-order chi connectivity index (χ0) is 67.0. The van der Waals surface area contributed by atoms with E-state index in [0.29, 0.717) is 25.7 Å². The fourth-order valence-electron chi connectivity index (χ4n) is 11.0. The zero-order valence-electron chi connectivity index (χ0n) is 59.0. The van der Waals surface area contributed by atoms with Crippen LogP contribution in [0, 0.1) is 5.92 Å². The topological polar surface area (TPSA) is 237 Å². The maximum atomic E-state index is 13.0. The van der Waals surface area contributed by atoms with Crippen LogP contribution in [0.25, 0.3) is 0 Å². The maximum absolute atomic E-state index is 13.0. The molecular weight excluding hydrogens is 1200 g/mol. The molecule has 91 heavy (non-hydrogen) atoms. The second-order valence-corrected chi connectivity index (χ2v) is 29.4. The Hall–Kier alpha value is -1.94. The van der Waals surface area contributed by atoms with Gasteiger partial charge in [-0.2, -0.15) is 0 Å². The van der Waals surface area contributed by atoms with Gasteiger partial charge >= 0.3 is 39.5 Å². The molecule has 0 aromatic heterocycles. The van der Waals surface area contributed by atoms with Gasteiger partial charge in [-0.25, -0.2) is 9.13 Å². The van der Waals surface area contributed by atoms with Gasteiger partial charge < -0.3 is 33.8 Å². The van der Waals surface area contributed by atoms with Crippen LogP contribution in [0.2, 0.25) is 0 Å². The molecule has 0 bridgehead atoms. The van der Waals surface area contributed by atoms with Crippen LogP contribution >= 0.6 is 15.6 Å². The van der Waals surface area contributed by atoms with Gasteiger partial charge in [-0.05, 0) is 31.6 Å². The Labute approximate surface area is 556 Å². The zero-order valence-corrected chi connectivity index (χ0v) is 60.8. The highest BCUT2D eigenvalue weighted by atomic mass is 31.2. The first-order valence-corrected chi connectivity index (χ1v) is 40.6. The molecule has 3 N–H and O–H groups in total. The third-order valence-corrected chi connectivity index (χ3v) is 18.7. The first-order chi connectivity index (χ1) is 44.0. The Morgan fingerprint density at radius 3 is 0.747 bits per heavy atom. The Morgan fingerprint density at radius 1 is 0.297 bits per heavy atom. The predicted octanol–water partition coefficient (Wildman–Crippen LogP) is 20.9. The van der Waals surface area contributed by atoms with E-state index >= 15 is 0 Å². The molecule has 0 amide bonds. The average molecular weight is 1340 g/mol. The van der Waals surface area contributed by atoms with E-state index in [1.807, 2.05) is 0 Å². The van der Waals surface area contributed by atoms with Gasteiger partial charge in [0.1, 0.15) is 19.3 Å². The fourth-order valence-corrected chi connectivity index (χ4v) is 12.6. The van der Waals surface area contributed by atoms with Crippen molar-refractivity contribution in [1.82, 2.24) is 0 Å². The molecule has 2 unspecified atom stereocenters. The minimum Gasteiger partial charge on any atom is -0.462 e. The van der Waals surface area contributed by atoms with Crippen molar-refractivity contribution in [2.24, 2.45) is 5.92 Å². The number of rotatable bonds is 72. The number of phosphoric ester groups is 2. The van der Waals surface area contributed by atoms with Crippen LogP contribution in [-0.4, -0.2) is 96.7 Å². The van der Waals surface area contributed by atoms with E-state index in [1.54, 1.807) is 0 Å². The van der Waals surface area contributed by atoms with Crippen molar-refractivity contribution >= 4 is 39.5 Å². The summed E-state index contributed by atoms with van der Waals surface area (Å²) in [6.45, 7) is 7.20. The monoisotopic (exact) mass is 1340 g/mol. The molecule has 0 fully saturated rings. The predicted molar refractivity (Wildman–Crippen MR) is 368 cm³/mol. The highest BCUT2D eigenvalue weighted by molar-refractivity contribution is 7.47. The molecule has 0 aliphatic carbocycles. The Morgan fingerprint density at radius 2 is 0.505 bits per heavy atom. The number of ether oxygens (including phenoxy) is 4. The molecule has 0 aromatic carbocycles. The van der Waals surface area contributed by atoms with Crippen LogP contribution in [0.1, 0.15) is 375 Å². The molecule has 0 saturated heterocycles. The van der Waals surface area contributed by atoms with E-state index < -0.39 is 97.5 Å². The van der Waals surface area contributed by atoms with Gasteiger partial charge in [-0.3, -0.25) is 37.3 Å². The molecule has 5 atom stereocenters.